The average Bonchev–Trinajstić information content (AvgIpc) is 2.20. The molecule has 0 heterocycles. The minimum atomic E-state index is -0.434. The Morgan fingerprint density at radius 1 is 1.18 bits per heavy atom. The summed E-state index contributed by atoms with van der Waals surface area (Å²) in [5.74, 6) is 0. The maximum absolute atomic E-state index is 11.7. The van der Waals surface area contributed by atoms with E-state index in [1.807, 2.05) is 27.8 Å². The normalized spacial score (nSPS) is 11.7. The summed E-state index contributed by atoms with van der Waals surface area (Å²) in [7, 11) is 3.78. The topological polar surface area (TPSA) is 58.8 Å². The summed E-state index contributed by atoms with van der Waals surface area (Å²) in [4.78, 5) is 15.4. The van der Waals surface area contributed by atoms with Crippen LogP contribution < -0.4 is 5.73 Å². The van der Waals surface area contributed by atoms with E-state index in [0.717, 1.165) is 19.5 Å². The predicted molar refractivity (Wildman–Crippen MR) is 70.0 cm³/mol. The van der Waals surface area contributed by atoms with Crippen molar-refractivity contribution >= 4 is 6.09 Å². The molecule has 0 atom stereocenters. The first-order chi connectivity index (χ1) is 7.76. The Kier molecular flexibility index (Phi) is 7.15. The number of carbonyl (C=O) groups is 1. The Hall–Kier alpha value is -0.810. The quantitative estimate of drug-likeness (QED) is 0.762. The van der Waals surface area contributed by atoms with Gasteiger partial charge >= 0.3 is 6.09 Å². The van der Waals surface area contributed by atoms with Crippen molar-refractivity contribution in [1.82, 2.24) is 9.80 Å². The van der Waals surface area contributed by atoms with Crippen LogP contribution in [0.15, 0.2) is 0 Å². The van der Waals surface area contributed by atoms with Crippen molar-refractivity contribution in [1.29, 1.82) is 0 Å². The van der Waals surface area contributed by atoms with Crippen LogP contribution in [0.2, 0.25) is 0 Å². The summed E-state index contributed by atoms with van der Waals surface area (Å²) >= 11 is 0. The molecular weight excluding hydrogens is 218 g/mol. The van der Waals surface area contributed by atoms with E-state index in [-0.39, 0.29) is 6.09 Å². The van der Waals surface area contributed by atoms with Crippen molar-refractivity contribution in [3.05, 3.63) is 0 Å². The summed E-state index contributed by atoms with van der Waals surface area (Å²) in [5, 5.41) is 0. The third-order valence-electron chi connectivity index (χ3n) is 2.27. The molecule has 0 aliphatic rings. The Bertz CT molecular complexity index is 226. The Morgan fingerprint density at radius 2 is 1.76 bits per heavy atom. The zero-order valence-electron chi connectivity index (χ0n) is 11.8. The van der Waals surface area contributed by atoms with Gasteiger partial charge in [0.1, 0.15) is 5.60 Å². The number of carbonyl (C=O) groups excluding carboxylic acids is 1. The second-order valence-electron chi connectivity index (χ2n) is 5.35. The monoisotopic (exact) mass is 245 g/mol. The summed E-state index contributed by atoms with van der Waals surface area (Å²) < 4.78 is 5.26. The highest BCUT2D eigenvalue weighted by atomic mass is 16.6. The number of nitrogens with two attached hydrogens (primary N) is 1. The minimum Gasteiger partial charge on any atom is -0.444 e. The lowest BCUT2D eigenvalue weighted by atomic mass is 10.2. The lowest BCUT2D eigenvalue weighted by Crippen LogP contribution is -2.38. The molecule has 0 aliphatic carbocycles. The fourth-order valence-corrected chi connectivity index (χ4v) is 1.22. The molecule has 0 aromatic heterocycles. The van der Waals surface area contributed by atoms with Crippen LogP contribution in [-0.2, 0) is 4.74 Å². The van der Waals surface area contributed by atoms with Gasteiger partial charge in [-0.3, -0.25) is 0 Å². The van der Waals surface area contributed by atoms with Gasteiger partial charge in [0, 0.05) is 20.1 Å². The van der Waals surface area contributed by atoms with Gasteiger partial charge < -0.3 is 20.3 Å². The highest BCUT2D eigenvalue weighted by Gasteiger charge is 2.19. The Labute approximate surface area is 105 Å². The molecule has 5 heteroatoms. The maximum Gasteiger partial charge on any atom is 0.410 e. The van der Waals surface area contributed by atoms with Gasteiger partial charge in [-0.05, 0) is 47.3 Å². The molecule has 102 valence electrons. The number of amides is 1. The first kappa shape index (κ1) is 16.2. The van der Waals surface area contributed by atoms with Gasteiger partial charge in [-0.15, -0.1) is 0 Å². The molecule has 0 bridgehead atoms. The van der Waals surface area contributed by atoms with Crippen molar-refractivity contribution in [3.63, 3.8) is 0 Å². The van der Waals surface area contributed by atoms with Crippen molar-refractivity contribution < 1.29 is 9.53 Å². The van der Waals surface area contributed by atoms with Gasteiger partial charge in [-0.2, -0.15) is 0 Å². The van der Waals surface area contributed by atoms with Crippen molar-refractivity contribution in [2.45, 2.75) is 32.8 Å². The largest absolute Gasteiger partial charge is 0.444 e. The molecule has 17 heavy (non-hydrogen) atoms. The number of hydrogen-bond acceptors (Lipinski definition) is 4. The van der Waals surface area contributed by atoms with Crippen LogP contribution in [0, 0.1) is 0 Å². The molecule has 0 spiro atoms. The van der Waals surface area contributed by atoms with Crippen LogP contribution in [0.5, 0.6) is 0 Å². The van der Waals surface area contributed by atoms with Crippen LogP contribution in [0.4, 0.5) is 4.79 Å². The smallest absolute Gasteiger partial charge is 0.410 e. The number of ether oxygens (including phenoxy) is 1. The zero-order valence-corrected chi connectivity index (χ0v) is 11.8. The van der Waals surface area contributed by atoms with Gasteiger partial charge in [0.2, 0.25) is 0 Å². The van der Waals surface area contributed by atoms with E-state index in [0.29, 0.717) is 13.1 Å². The van der Waals surface area contributed by atoms with E-state index < -0.39 is 5.60 Å². The molecule has 2 N–H and O–H groups in total. The third-order valence-corrected chi connectivity index (χ3v) is 2.27. The van der Waals surface area contributed by atoms with Gasteiger partial charge in [0.15, 0.2) is 0 Å². The van der Waals surface area contributed by atoms with Gasteiger partial charge in [-0.1, -0.05) is 0 Å². The standard InChI is InChI=1S/C12H27N3O2/c1-12(2,3)17-11(16)15(5)10-9-14(4)8-6-7-13/h6-10,13H2,1-5H3. The van der Waals surface area contributed by atoms with Crippen molar-refractivity contribution in [3.8, 4) is 0 Å². The number of nitrogens with zero attached hydrogens (tertiary/aromatic N) is 2. The predicted octanol–water partition coefficient (Wildman–Crippen LogP) is 1.13. The summed E-state index contributed by atoms with van der Waals surface area (Å²) in [6.45, 7) is 8.75. The lowest BCUT2D eigenvalue weighted by molar-refractivity contribution is 0.0287. The van der Waals surface area contributed by atoms with Crippen LogP contribution in [-0.4, -0.2) is 61.8 Å². The molecular formula is C12H27N3O2. The highest BCUT2D eigenvalue weighted by molar-refractivity contribution is 5.67. The van der Waals surface area contributed by atoms with Gasteiger partial charge in [0.05, 0.1) is 0 Å². The fraction of sp³-hybridized carbons (Fsp3) is 0.917. The SMILES string of the molecule is CN(CCCN)CCN(C)C(=O)OC(C)(C)C. The minimum absolute atomic E-state index is 0.273. The van der Waals surface area contributed by atoms with E-state index in [9.17, 15) is 4.79 Å². The van der Waals surface area contributed by atoms with Crippen LogP contribution in [0.1, 0.15) is 27.2 Å². The second kappa shape index (κ2) is 7.50. The summed E-state index contributed by atoms with van der Waals surface area (Å²) in [6.07, 6.45) is 0.705. The lowest BCUT2D eigenvalue weighted by Gasteiger charge is -2.26. The molecule has 0 rings (SSSR count). The van der Waals surface area contributed by atoms with Crippen LogP contribution >= 0.6 is 0 Å². The second-order valence-corrected chi connectivity index (χ2v) is 5.35. The number of rotatable bonds is 6. The Morgan fingerprint density at radius 3 is 2.24 bits per heavy atom. The van der Waals surface area contributed by atoms with Gasteiger partial charge in [0.25, 0.3) is 0 Å². The molecule has 5 nitrogen and oxygen atoms in total. The average molecular weight is 245 g/mol. The van der Waals surface area contributed by atoms with E-state index in [1.165, 1.54) is 0 Å². The molecule has 0 radical (unpaired) electrons. The molecule has 0 saturated heterocycles. The highest BCUT2D eigenvalue weighted by Crippen LogP contribution is 2.08. The van der Waals surface area contributed by atoms with E-state index in [1.54, 1.807) is 11.9 Å². The molecule has 0 aromatic rings. The Balaban J connectivity index is 3.85. The molecule has 0 fully saturated rings. The first-order valence-electron chi connectivity index (χ1n) is 6.09. The van der Waals surface area contributed by atoms with Crippen LogP contribution in [0.3, 0.4) is 0 Å². The third kappa shape index (κ3) is 8.94. The molecule has 0 unspecified atom stereocenters. The fourth-order valence-electron chi connectivity index (χ4n) is 1.22. The van der Waals surface area contributed by atoms with Crippen LogP contribution in [0.25, 0.3) is 0 Å². The first-order valence-corrected chi connectivity index (χ1v) is 6.09. The van der Waals surface area contributed by atoms with Crippen molar-refractivity contribution in [2.24, 2.45) is 5.73 Å². The summed E-state index contributed by atoms with van der Waals surface area (Å²) in [5.41, 5.74) is 5.01. The maximum atomic E-state index is 11.7. The number of hydrogen-bond donors (Lipinski definition) is 1. The van der Waals surface area contributed by atoms with E-state index in [4.69, 9.17) is 10.5 Å². The summed E-state index contributed by atoms with van der Waals surface area (Å²) in [6, 6.07) is 0. The number of likely N-dealkylation sites (N-methyl/N-ethyl adjacent to an activating group) is 2. The van der Waals surface area contributed by atoms with E-state index in [2.05, 4.69) is 4.90 Å². The molecule has 0 aliphatic heterocycles. The van der Waals surface area contributed by atoms with E-state index >= 15 is 0 Å². The molecule has 0 saturated carbocycles. The molecule has 1 amide bonds. The van der Waals surface area contributed by atoms with Gasteiger partial charge in [-0.25, -0.2) is 4.79 Å². The zero-order chi connectivity index (χ0) is 13.5. The molecule has 0 aromatic carbocycles. The van der Waals surface area contributed by atoms with Crippen molar-refractivity contribution in [2.75, 3.05) is 40.3 Å².